The van der Waals surface area contributed by atoms with E-state index in [0.717, 1.165) is 31.8 Å². The third kappa shape index (κ3) is 2.92. The average molecular weight is 279 g/mol. The van der Waals surface area contributed by atoms with Crippen LogP contribution in [0.15, 0.2) is 6.33 Å². The number of rotatable bonds is 2. The summed E-state index contributed by atoms with van der Waals surface area (Å²) >= 11 is 0. The molecule has 0 spiro atoms. The summed E-state index contributed by atoms with van der Waals surface area (Å²) in [4.78, 5) is 4.50. The van der Waals surface area contributed by atoms with Gasteiger partial charge in [0.2, 0.25) is 0 Å². The second-order valence-electron chi connectivity index (χ2n) is 5.09. The van der Waals surface area contributed by atoms with Crippen LogP contribution in [-0.2, 0) is 5.41 Å². The quantitative estimate of drug-likeness (QED) is 0.901. The van der Waals surface area contributed by atoms with Crippen LogP contribution < -0.4 is 5.32 Å². The molecule has 2 aliphatic rings. The molecule has 17 heavy (non-hydrogen) atoms. The van der Waals surface area contributed by atoms with E-state index in [1.807, 2.05) is 6.33 Å². The maximum atomic E-state index is 4.65. The number of nitrogens with one attached hydrogen (secondary N) is 1. The van der Waals surface area contributed by atoms with Crippen molar-refractivity contribution in [2.75, 3.05) is 13.1 Å². The lowest BCUT2D eigenvalue weighted by molar-refractivity contribution is 0.317. The number of halogens is 2. The molecule has 0 aromatic carbocycles. The number of hydrogen-bond acceptors (Lipinski definition) is 3. The van der Waals surface area contributed by atoms with E-state index in [1.54, 1.807) is 0 Å². The van der Waals surface area contributed by atoms with Crippen molar-refractivity contribution in [3.05, 3.63) is 12.2 Å². The van der Waals surface area contributed by atoms with E-state index in [-0.39, 0.29) is 30.2 Å². The summed E-state index contributed by atoms with van der Waals surface area (Å²) in [5, 5.41) is 8.03. The zero-order valence-corrected chi connectivity index (χ0v) is 11.7. The molecule has 1 aromatic heterocycles. The van der Waals surface area contributed by atoms with E-state index in [0.29, 0.717) is 6.04 Å². The zero-order valence-electron chi connectivity index (χ0n) is 10.1. The van der Waals surface area contributed by atoms with Crippen molar-refractivity contribution >= 4 is 24.8 Å². The van der Waals surface area contributed by atoms with E-state index in [1.165, 1.54) is 12.8 Å². The molecule has 6 heteroatoms. The maximum Gasteiger partial charge on any atom is 0.156 e. The lowest BCUT2D eigenvalue weighted by Gasteiger charge is -2.31. The normalized spacial score (nSPS) is 22.4. The van der Waals surface area contributed by atoms with Gasteiger partial charge in [-0.1, -0.05) is 6.92 Å². The Labute approximate surface area is 114 Å². The maximum absolute atomic E-state index is 4.65. The van der Waals surface area contributed by atoms with Gasteiger partial charge in [0.05, 0.1) is 6.04 Å². The zero-order chi connectivity index (χ0) is 10.3. The number of hydrogen-bond donors (Lipinski definition) is 1. The van der Waals surface area contributed by atoms with Crippen molar-refractivity contribution in [3.8, 4) is 0 Å². The second-order valence-corrected chi connectivity index (χ2v) is 5.09. The Balaban J connectivity index is 0.000000722. The Hall–Kier alpha value is -0.320. The van der Waals surface area contributed by atoms with Crippen molar-refractivity contribution < 1.29 is 0 Å². The van der Waals surface area contributed by atoms with E-state index in [9.17, 15) is 0 Å². The fourth-order valence-electron chi connectivity index (χ4n) is 2.27. The average Bonchev–Trinajstić information content (AvgIpc) is 2.97. The van der Waals surface area contributed by atoms with Crippen molar-refractivity contribution in [1.29, 1.82) is 0 Å². The second kappa shape index (κ2) is 5.55. The van der Waals surface area contributed by atoms with Crippen LogP contribution in [0.4, 0.5) is 0 Å². The molecular weight excluding hydrogens is 259 g/mol. The molecule has 0 unspecified atom stereocenters. The highest BCUT2D eigenvalue weighted by atomic mass is 35.5. The highest BCUT2D eigenvalue weighted by Gasteiger charge is 2.34. The largest absolute Gasteiger partial charge is 0.317 e. The molecule has 1 saturated heterocycles. The minimum atomic E-state index is 0. The fraction of sp³-hybridized carbons (Fsp3) is 0.818. The molecule has 1 aromatic rings. The number of piperidine rings is 1. The minimum Gasteiger partial charge on any atom is -0.317 e. The van der Waals surface area contributed by atoms with Crippen molar-refractivity contribution in [1.82, 2.24) is 20.1 Å². The lowest BCUT2D eigenvalue weighted by atomic mass is 9.80. The van der Waals surface area contributed by atoms with E-state index < -0.39 is 0 Å². The molecule has 1 saturated carbocycles. The molecule has 4 nitrogen and oxygen atoms in total. The topological polar surface area (TPSA) is 42.7 Å². The summed E-state index contributed by atoms with van der Waals surface area (Å²) in [6, 6.07) is 0.650. The molecule has 1 aliphatic heterocycles. The SMILES string of the molecule is CC1(c2ncn(C3CC3)n2)CCNCC1.Cl.Cl. The van der Waals surface area contributed by atoms with Gasteiger partial charge in [-0.25, -0.2) is 9.67 Å². The lowest BCUT2D eigenvalue weighted by Crippen LogP contribution is -2.38. The summed E-state index contributed by atoms with van der Waals surface area (Å²) in [5.41, 5.74) is 0.200. The van der Waals surface area contributed by atoms with Crippen LogP contribution in [0.2, 0.25) is 0 Å². The van der Waals surface area contributed by atoms with Crippen molar-refractivity contribution in [2.45, 2.75) is 44.1 Å². The predicted molar refractivity (Wildman–Crippen MR) is 72.2 cm³/mol. The molecule has 1 aliphatic carbocycles. The number of nitrogens with zero attached hydrogens (tertiary/aromatic N) is 3. The highest BCUT2D eigenvalue weighted by molar-refractivity contribution is 5.85. The molecule has 0 bridgehead atoms. The summed E-state index contributed by atoms with van der Waals surface area (Å²) < 4.78 is 2.06. The van der Waals surface area contributed by atoms with Gasteiger partial charge in [0.25, 0.3) is 0 Å². The smallest absolute Gasteiger partial charge is 0.156 e. The summed E-state index contributed by atoms with van der Waals surface area (Å²) in [5.74, 6) is 1.05. The summed E-state index contributed by atoms with van der Waals surface area (Å²) in [7, 11) is 0. The van der Waals surface area contributed by atoms with Crippen LogP contribution in [0.3, 0.4) is 0 Å². The summed E-state index contributed by atoms with van der Waals surface area (Å²) in [6.45, 7) is 4.48. The molecule has 0 atom stereocenters. The van der Waals surface area contributed by atoms with Crippen LogP contribution in [-0.4, -0.2) is 27.9 Å². The van der Waals surface area contributed by atoms with Crippen LogP contribution in [0.5, 0.6) is 0 Å². The van der Waals surface area contributed by atoms with Crippen molar-refractivity contribution in [3.63, 3.8) is 0 Å². The Bertz CT molecular complexity index is 356. The van der Waals surface area contributed by atoms with Gasteiger partial charge in [0.1, 0.15) is 6.33 Å². The molecule has 2 fully saturated rings. The van der Waals surface area contributed by atoms with E-state index in [2.05, 4.69) is 27.0 Å². The van der Waals surface area contributed by atoms with Crippen LogP contribution in [0.25, 0.3) is 0 Å². The van der Waals surface area contributed by atoms with E-state index >= 15 is 0 Å². The summed E-state index contributed by atoms with van der Waals surface area (Å²) in [6.07, 6.45) is 6.78. The Morgan fingerprint density at radius 3 is 2.53 bits per heavy atom. The molecule has 0 radical (unpaired) electrons. The van der Waals surface area contributed by atoms with E-state index in [4.69, 9.17) is 0 Å². The first-order valence-corrected chi connectivity index (χ1v) is 5.90. The molecule has 98 valence electrons. The van der Waals surface area contributed by atoms with Crippen LogP contribution in [0, 0.1) is 0 Å². The van der Waals surface area contributed by atoms with Gasteiger partial charge >= 0.3 is 0 Å². The fourth-order valence-corrected chi connectivity index (χ4v) is 2.27. The van der Waals surface area contributed by atoms with Gasteiger partial charge in [-0.2, -0.15) is 5.10 Å². The standard InChI is InChI=1S/C11H18N4.2ClH/c1-11(4-6-12-7-5-11)10-13-8-15(14-10)9-2-3-9;;/h8-9,12H,2-7H2,1H3;2*1H. The molecule has 0 amide bonds. The number of aromatic nitrogens is 3. The van der Waals surface area contributed by atoms with Gasteiger partial charge < -0.3 is 5.32 Å². The first kappa shape index (κ1) is 14.7. The molecule has 3 rings (SSSR count). The third-order valence-corrected chi connectivity index (χ3v) is 3.68. The van der Waals surface area contributed by atoms with Gasteiger partial charge in [0, 0.05) is 5.41 Å². The first-order valence-electron chi connectivity index (χ1n) is 5.90. The Morgan fingerprint density at radius 2 is 1.94 bits per heavy atom. The van der Waals surface area contributed by atoms with Gasteiger partial charge in [0.15, 0.2) is 5.82 Å². The van der Waals surface area contributed by atoms with Crippen LogP contribution >= 0.6 is 24.8 Å². The Morgan fingerprint density at radius 1 is 1.29 bits per heavy atom. The highest BCUT2D eigenvalue weighted by Crippen LogP contribution is 2.35. The molecular formula is C11H20Cl2N4. The van der Waals surface area contributed by atoms with Crippen LogP contribution in [0.1, 0.15) is 44.5 Å². The first-order chi connectivity index (χ1) is 7.28. The monoisotopic (exact) mass is 278 g/mol. The molecule has 1 N–H and O–H groups in total. The Kier molecular flexibility index (Phi) is 4.81. The minimum absolute atomic E-state index is 0. The third-order valence-electron chi connectivity index (χ3n) is 3.68. The molecule has 2 heterocycles. The van der Waals surface area contributed by atoms with Gasteiger partial charge in [-0.05, 0) is 38.8 Å². The van der Waals surface area contributed by atoms with Gasteiger partial charge in [-0.3, -0.25) is 0 Å². The van der Waals surface area contributed by atoms with Gasteiger partial charge in [-0.15, -0.1) is 24.8 Å². The van der Waals surface area contributed by atoms with Crippen molar-refractivity contribution in [2.24, 2.45) is 0 Å². The predicted octanol–water partition coefficient (Wildman–Crippen LogP) is 2.10.